The third-order valence-corrected chi connectivity index (χ3v) is 2.81. The Kier molecular flexibility index (Phi) is 4.10. The fourth-order valence-electron chi connectivity index (χ4n) is 1.40. The quantitative estimate of drug-likeness (QED) is 0.873. The number of pyridine rings is 1. The van der Waals surface area contributed by atoms with E-state index in [4.69, 9.17) is 5.11 Å². The molecule has 0 amide bonds. The summed E-state index contributed by atoms with van der Waals surface area (Å²) in [5.41, 5.74) is 1.11. The Morgan fingerprint density at radius 3 is 2.29 bits per heavy atom. The van der Waals surface area contributed by atoms with Gasteiger partial charge in [-0.3, -0.25) is 0 Å². The summed E-state index contributed by atoms with van der Waals surface area (Å²) in [6.45, 7) is 8.11. The van der Waals surface area contributed by atoms with Gasteiger partial charge < -0.3 is 10.0 Å². The highest BCUT2D eigenvalue weighted by Gasteiger charge is 2.14. The number of anilines is 1. The summed E-state index contributed by atoms with van der Waals surface area (Å²) in [4.78, 5) is 17.5. The van der Waals surface area contributed by atoms with E-state index in [-0.39, 0.29) is 12.0 Å². The SMILES string of the molecule is CC(C)c1cc(C(=O)O)cc(N(C)C(C)C)n1. The Labute approximate surface area is 102 Å². The first-order valence-corrected chi connectivity index (χ1v) is 5.81. The van der Waals surface area contributed by atoms with E-state index in [1.807, 2.05) is 39.6 Å². The lowest BCUT2D eigenvalue weighted by Crippen LogP contribution is -2.27. The Balaban J connectivity index is 3.26. The van der Waals surface area contributed by atoms with Gasteiger partial charge in [0.15, 0.2) is 0 Å². The van der Waals surface area contributed by atoms with Crippen LogP contribution in [-0.2, 0) is 0 Å². The van der Waals surface area contributed by atoms with Gasteiger partial charge in [0.05, 0.1) is 5.56 Å². The van der Waals surface area contributed by atoms with Crippen molar-refractivity contribution in [3.63, 3.8) is 0 Å². The average molecular weight is 236 g/mol. The number of hydrogen-bond acceptors (Lipinski definition) is 3. The summed E-state index contributed by atoms with van der Waals surface area (Å²) >= 11 is 0. The predicted octanol–water partition coefficient (Wildman–Crippen LogP) is 2.75. The molecule has 1 aromatic heterocycles. The van der Waals surface area contributed by atoms with E-state index in [0.29, 0.717) is 11.4 Å². The summed E-state index contributed by atoms with van der Waals surface area (Å²) < 4.78 is 0. The molecule has 0 unspecified atom stereocenters. The summed E-state index contributed by atoms with van der Waals surface area (Å²) in [6.07, 6.45) is 0. The molecule has 0 aliphatic heterocycles. The number of rotatable bonds is 4. The van der Waals surface area contributed by atoms with E-state index in [2.05, 4.69) is 4.98 Å². The van der Waals surface area contributed by atoms with Crippen LogP contribution in [0.15, 0.2) is 12.1 Å². The Morgan fingerprint density at radius 2 is 1.88 bits per heavy atom. The van der Waals surface area contributed by atoms with Crippen molar-refractivity contribution in [3.05, 3.63) is 23.4 Å². The highest BCUT2D eigenvalue weighted by Crippen LogP contribution is 2.20. The Bertz CT molecular complexity index is 414. The van der Waals surface area contributed by atoms with Gasteiger partial charge in [-0.05, 0) is 31.9 Å². The number of aromatic carboxylic acids is 1. The number of carboxylic acids is 1. The molecule has 1 N–H and O–H groups in total. The molecule has 17 heavy (non-hydrogen) atoms. The van der Waals surface area contributed by atoms with Crippen molar-refractivity contribution in [2.24, 2.45) is 0 Å². The van der Waals surface area contributed by atoms with E-state index in [1.165, 1.54) is 0 Å². The maximum atomic E-state index is 11.1. The van der Waals surface area contributed by atoms with Gasteiger partial charge in [0.25, 0.3) is 0 Å². The van der Waals surface area contributed by atoms with E-state index in [1.54, 1.807) is 12.1 Å². The molecule has 4 heteroatoms. The minimum Gasteiger partial charge on any atom is -0.478 e. The molecule has 1 aromatic rings. The molecular weight excluding hydrogens is 216 g/mol. The first-order valence-electron chi connectivity index (χ1n) is 5.81. The van der Waals surface area contributed by atoms with Gasteiger partial charge in [0.1, 0.15) is 5.82 Å². The lowest BCUT2D eigenvalue weighted by Gasteiger charge is -2.24. The van der Waals surface area contributed by atoms with Gasteiger partial charge in [-0.15, -0.1) is 0 Å². The molecule has 1 rings (SSSR count). The fraction of sp³-hybridized carbons (Fsp3) is 0.538. The predicted molar refractivity (Wildman–Crippen MR) is 68.8 cm³/mol. The van der Waals surface area contributed by atoms with Crippen LogP contribution < -0.4 is 4.90 Å². The molecule has 0 spiro atoms. The van der Waals surface area contributed by atoms with Gasteiger partial charge in [-0.1, -0.05) is 13.8 Å². The van der Waals surface area contributed by atoms with Crippen LogP contribution in [0.4, 0.5) is 5.82 Å². The van der Waals surface area contributed by atoms with E-state index in [0.717, 1.165) is 5.69 Å². The molecular formula is C13H20N2O2. The second-order valence-electron chi connectivity index (χ2n) is 4.80. The molecule has 0 bridgehead atoms. The largest absolute Gasteiger partial charge is 0.478 e. The van der Waals surface area contributed by atoms with Gasteiger partial charge in [-0.25, -0.2) is 9.78 Å². The zero-order valence-corrected chi connectivity index (χ0v) is 11.1. The van der Waals surface area contributed by atoms with E-state index >= 15 is 0 Å². The van der Waals surface area contributed by atoms with Crippen LogP contribution in [0.1, 0.15) is 49.7 Å². The number of nitrogens with zero attached hydrogens (tertiary/aromatic N) is 2. The van der Waals surface area contributed by atoms with Crippen LogP contribution in [0.2, 0.25) is 0 Å². The van der Waals surface area contributed by atoms with Crippen molar-refractivity contribution >= 4 is 11.8 Å². The van der Waals surface area contributed by atoms with Crippen molar-refractivity contribution < 1.29 is 9.90 Å². The monoisotopic (exact) mass is 236 g/mol. The minimum absolute atomic E-state index is 0.216. The summed E-state index contributed by atoms with van der Waals surface area (Å²) in [6, 6.07) is 3.55. The molecule has 0 aliphatic carbocycles. The minimum atomic E-state index is -0.910. The molecule has 0 fully saturated rings. The summed E-state index contributed by atoms with van der Waals surface area (Å²) in [5, 5.41) is 9.09. The topological polar surface area (TPSA) is 53.4 Å². The van der Waals surface area contributed by atoms with Crippen LogP contribution >= 0.6 is 0 Å². The van der Waals surface area contributed by atoms with Crippen molar-refractivity contribution in [1.82, 2.24) is 4.98 Å². The normalized spacial score (nSPS) is 11.0. The second-order valence-corrected chi connectivity index (χ2v) is 4.80. The fourth-order valence-corrected chi connectivity index (χ4v) is 1.40. The second kappa shape index (κ2) is 5.17. The van der Waals surface area contributed by atoms with E-state index in [9.17, 15) is 4.79 Å². The highest BCUT2D eigenvalue weighted by atomic mass is 16.4. The van der Waals surface area contributed by atoms with Crippen molar-refractivity contribution in [3.8, 4) is 0 Å². The molecule has 0 saturated heterocycles. The van der Waals surface area contributed by atoms with Crippen LogP contribution in [-0.4, -0.2) is 29.1 Å². The lowest BCUT2D eigenvalue weighted by molar-refractivity contribution is 0.0696. The van der Waals surface area contributed by atoms with Gasteiger partial charge in [0.2, 0.25) is 0 Å². The molecule has 0 radical (unpaired) electrons. The zero-order valence-electron chi connectivity index (χ0n) is 11.1. The molecule has 0 aliphatic rings. The van der Waals surface area contributed by atoms with Crippen molar-refractivity contribution in [1.29, 1.82) is 0 Å². The molecule has 0 aromatic carbocycles. The first-order chi connectivity index (χ1) is 7.82. The molecule has 1 heterocycles. The summed E-state index contributed by atoms with van der Waals surface area (Å²) in [7, 11) is 1.92. The molecule has 0 saturated carbocycles. The Morgan fingerprint density at radius 1 is 1.29 bits per heavy atom. The van der Waals surface area contributed by atoms with Crippen LogP contribution in [0.5, 0.6) is 0 Å². The maximum Gasteiger partial charge on any atom is 0.335 e. The van der Waals surface area contributed by atoms with Gasteiger partial charge in [0, 0.05) is 18.8 Å². The Hall–Kier alpha value is -1.58. The zero-order chi connectivity index (χ0) is 13.2. The molecule has 0 atom stereocenters. The molecule has 4 nitrogen and oxygen atoms in total. The number of hydrogen-bond donors (Lipinski definition) is 1. The standard InChI is InChI=1S/C13H20N2O2/c1-8(2)11-6-10(13(16)17)7-12(14-11)15(5)9(3)4/h6-9H,1-5H3,(H,16,17). The van der Waals surface area contributed by atoms with Gasteiger partial charge >= 0.3 is 5.97 Å². The first kappa shape index (κ1) is 13.5. The van der Waals surface area contributed by atoms with Crippen molar-refractivity contribution in [2.75, 3.05) is 11.9 Å². The average Bonchev–Trinajstić information content (AvgIpc) is 2.27. The van der Waals surface area contributed by atoms with Crippen molar-refractivity contribution in [2.45, 2.75) is 39.7 Å². The van der Waals surface area contributed by atoms with Gasteiger partial charge in [-0.2, -0.15) is 0 Å². The van der Waals surface area contributed by atoms with Crippen LogP contribution in [0, 0.1) is 0 Å². The van der Waals surface area contributed by atoms with E-state index < -0.39 is 5.97 Å². The highest BCUT2D eigenvalue weighted by molar-refractivity contribution is 5.88. The summed E-state index contributed by atoms with van der Waals surface area (Å²) in [5.74, 6) is 0.0184. The maximum absolute atomic E-state index is 11.1. The lowest BCUT2D eigenvalue weighted by atomic mass is 10.1. The number of carboxylic acid groups (broad SMARTS) is 1. The third kappa shape index (κ3) is 3.19. The van der Waals surface area contributed by atoms with Crippen LogP contribution in [0.3, 0.4) is 0 Å². The third-order valence-electron chi connectivity index (χ3n) is 2.81. The molecule has 94 valence electrons. The number of carbonyl (C=O) groups is 1. The smallest absolute Gasteiger partial charge is 0.335 e. The van der Waals surface area contributed by atoms with Crippen LogP contribution in [0.25, 0.3) is 0 Å². The number of aromatic nitrogens is 1.